The van der Waals surface area contributed by atoms with Crippen LogP contribution in [-0.4, -0.2) is 30.1 Å². The highest BCUT2D eigenvalue weighted by Gasteiger charge is 2.28. The molecule has 2 atom stereocenters. The van der Waals surface area contributed by atoms with Crippen LogP contribution in [0.1, 0.15) is 13.8 Å². The Kier molecular flexibility index (Phi) is 3.57. The first kappa shape index (κ1) is 13.5. The Morgan fingerprint density at radius 2 is 2.00 bits per heavy atom. The summed E-state index contributed by atoms with van der Waals surface area (Å²) in [6.45, 7) is 5.52. The molecule has 0 saturated carbocycles. The van der Waals surface area contributed by atoms with Crippen molar-refractivity contribution in [2.75, 3.05) is 23.7 Å². The maximum Gasteiger partial charge on any atom is 0.295 e. The molecule has 1 aromatic carbocycles. The molecule has 1 aliphatic heterocycles. The lowest BCUT2D eigenvalue weighted by atomic mass is 10.1. The molecule has 6 nitrogen and oxygen atoms in total. The quantitative estimate of drug-likeness (QED) is 0.464. The van der Waals surface area contributed by atoms with Gasteiger partial charge in [0.2, 0.25) is 0 Å². The first-order valence-corrected chi connectivity index (χ1v) is 6.22. The van der Waals surface area contributed by atoms with Crippen LogP contribution in [0.3, 0.4) is 0 Å². The number of benzene rings is 1. The maximum atomic E-state index is 14.0. The van der Waals surface area contributed by atoms with E-state index < -0.39 is 10.7 Å². The number of hydrogen-bond acceptors (Lipinski definition) is 4. The van der Waals surface area contributed by atoms with E-state index in [9.17, 15) is 14.5 Å². The van der Waals surface area contributed by atoms with Gasteiger partial charge in [-0.25, -0.2) is 4.39 Å². The molecule has 1 heterocycles. The predicted octanol–water partition coefficient (Wildman–Crippen LogP) is 0.477. The smallest absolute Gasteiger partial charge is 0.295 e. The van der Waals surface area contributed by atoms with Crippen LogP contribution in [0, 0.1) is 15.9 Å². The molecular weight excluding hydrogens is 251 g/mol. The summed E-state index contributed by atoms with van der Waals surface area (Å²) in [7, 11) is 0. The third kappa shape index (κ3) is 2.76. The normalized spacial score (nSPS) is 23.4. The van der Waals surface area contributed by atoms with Crippen LogP contribution in [0.5, 0.6) is 0 Å². The Hall–Kier alpha value is -1.89. The van der Waals surface area contributed by atoms with Gasteiger partial charge in [-0.3, -0.25) is 10.1 Å². The van der Waals surface area contributed by atoms with Gasteiger partial charge < -0.3 is 16.0 Å². The lowest BCUT2D eigenvalue weighted by Gasteiger charge is -2.35. The van der Waals surface area contributed by atoms with Crippen molar-refractivity contribution in [3.63, 3.8) is 0 Å². The minimum atomic E-state index is -0.669. The zero-order valence-electron chi connectivity index (χ0n) is 11.0. The molecule has 2 rings (SSSR count). The summed E-state index contributed by atoms with van der Waals surface area (Å²) in [6, 6.07) is 2.95. The summed E-state index contributed by atoms with van der Waals surface area (Å²) in [4.78, 5) is 11.9. The molecule has 0 amide bonds. The number of nitrogens with two attached hydrogens (primary N) is 2. The van der Waals surface area contributed by atoms with Crippen molar-refractivity contribution in [2.45, 2.75) is 25.9 Å². The number of nitrogens with zero attached hydrogens (tertiary/aromatic N) is 2. The number of nitrogen functional groups attached to an aromatic ring is 1. The first-order valence-electron chi connectivity index (χ1n) is 6.22. The first-order chi connectivity index (χ1) is 8.88. The number of piperazine rings is 1. The minimum Gasteiger partial charge on any atom is -0.393 e. The standard InChI is InChI=1S/C12H17FN4O2/c1-7-5-16(6-8(2)15-7)11-4-10(14)12(17(18)19)3-9(11)13/h3-4,7-8,15H,5-6,14H2,1-2H3/p+1/t7-,8+. The molecule has 0 spiro atoms. The van der Waals surface area contributed by atoms with Crippen molar-refractivity contribution >= 4 is 17.1 Å². The molecule has 1 fully saturated rings. The fourth-order valence-electron chi connectivity index (χ4n) is 2.62. The van der Waals surface area contributed by atoms with Crippen LogP contribution in [0.2, 0.25) is 0 Å². The molecule has 4 N–H and O–H groups in total. The molecule has 104 valence electrons. The van der Waals surface area contributed by atoms with E-state index >= 15 is 0 Å². The average molecular weight is 269 g/mol. The molecule has 1 aromatic rings. The van der Waals surface area contributed by atoms with Crippen molar-refractivity contribution < 1.29 is 14.6 Å². The van der Waals surface area contributed by atoms with E-state index in [1.165, 1.54) is 6.07 Å². The van der Waals surface area contributed by atoms with Crippen LogP contribution in [0.4, 0.5) is 21.5 Å². The topological polar surface area (TPSA) is 89.0 Å². The van der Waals surface area contributed by atoms with Gasteiger partial charge in [0.1, 0.15) is 17.8 Å². The number of rotatable bonds is 2. The molecule has 19 heavy (non-hydrogen) atoms. The number of halogens is 1. The Bertz CT molecular complexity index is 499. The summed E-state index contributed by atoms with van der Waals surface area (Å²) >= 11 is 0. The van der Waals surface area contributed by atoms with Gasteiger partial charge in [-0.15, -0.1) is 0 Å². The second-order valence-electron chi connectivity index (χ2n) is 5.17. The predicted molar refractivity (Wildman–Crippen MR) is 70.5 cm³/mol. The van der Waals surface area contributed by atoms with Gasteiger partial charge in [-0.05, 0) is 19.9 Å². The molecule has 7 heteroatoms. The van der Waals surface area contributed by atoms with E-state index in [0.717, 1.165) is 6.07 Å². The highest BCUT2D eigenvalue weighted by Crippen LogP contribution is 2.30. The van der Waals surface area contributed by atoms with Gasteiger partial charge in [0.25, 0.3) is 5.69 Å². The van der Waals surface area contributed by atoms with Crippen molar-refractivity contribution in [3.05, 3.63) is 28.1 Å². The highest BCUT2D eigenvalue weighted by molar-refractivity contribution is 5.67. The zero-order valence-corrected chi connectivity index (χ0v) is 11.0. The van der Waals surface area contributed by atoms with E-state index in [1.807, 2.05) is 4.90 Å². The van der Waals surface area contributed by atoms with Gasteiger partial charge in [0.15, 0.2) is 5.82 Å². The second-order valence-corrected chi connectivity index (χ2v) is 5.17. The molecule has 0 bridgehead atoms. The highest BCUT2D eigenvalue weighted by atomic mass is 19.1. The molecule has 0 unspecified atom stereocenters. The van der Waals surface area contributed by atoms with E-state index in [-0.39, 0.29) is 11.4 Å². The van der Waals surface area contributed by atoms with E-state index in [2.05, 4.69) is 19.2 Å². The number of anilines is 2. The zero-order chi connectivity index (χ0) is 14.2. The number of nitro groups is 1. The monoisotopic (exact) mass is 269 g/mol. The maximum absolute atomic E-state index is 14.0. The van der Waals surface area contributed by atoms with E-state index in [0.29, 0.717) is 30.9 Å². The Morgan fingerprint density at radius 1 is 1.42 bits per heavy atom. The van der Waals surface area contributed by atoms with Gasteiger partial charge >= 0.3 is 0 Å². The number of hydrogen-bond donors (Lipinski definition) is 2. The number of quaternary nitrogens is 1. The Morgan fingerprint density at radius 3 is 2.53 bits per heavy atom. The fourth-order valence-corrected chi connectivity index (χ4v) is 2.62. The lowest BCUT2D eigenvalue weighted by Crippen LogP contribution is -2.99. The Labute approximate surface area is 110 Å². The van der Waals surface area contributed by atoms with E-state index in [1.54, 1.807) is 0 Å². The molecular formula is C12H18FN4O2+. The van der Waals surface area contributed by atoms with Crippen molar-refractivity contribution in [2.24, 2.45) is 0 Å². The van der Waals surface area contributed by atoms with Crippen molar-refractivity contribution in [1.29, 1.82) is 0 Å². The van der Waals surface area contributed by atoms with Gasteiger partial charge in [0, 0.05) is 0 Å². The second kappa shape index (κ2) is 5.00. The Balaban J connectivity index is 2.35. The molecule has 1 saturated heterocycles. The summed E-state index contributed by atoms with van der Waals surface area (Å²) in [6.07, 6.45) is 0. The molecule has 0 aromatic heterocycles. The van der Waals surface area contributed by atoms with Crippen LogP contribution in [0.15, 0.2) is 12.1 Å². The van der Waals surface area contributed by atoms with Gasteiger partial charge in [-0.1, -0.05) is 0 Å². The third-order valence-corrected chi connectivity index (χ3v) is 3.31. The van der Waals surface area contributed by atoms with Crippen LogP contribution in [0.25, 0.3) is 0 Å². The van der Waals surface area contributed by atoms with Gasteiger partial charge in [0.05, 0.1) is 29.8 Å². The van der Waals surface area contributed by atoms with Crippen LogP contribution >= 0.6 is 0 Å². The SMILES string of the molecule is C[C@@H]1CN(c2cc(N)c([N+](=O)[O-])cc2F)C[C@H](C)[NH2+]1. The summed E-state index contributed by atoms with van der Waals surface area (Å²) < 4.78 is 14.0. The number of nitro benzene ring substituents is 1. The summed E-state index contributed by atoms with van der Waals surface area (Å²) in [5, 5.41) is 12.9. The van der Waals surface area contributed by atoms with Crippen LogP contribution in [-0.2, 0) is 0 Å². The van der Waals surface area contributed by atoms with Crippen molar-refractivity contribution in [3.8, 4) is 0 Å². The molecule has 0 radical (unpaired) electrons. The summed E-state index contributed by atoms with van der Waals surface area (Å²) in [5.74, 6) is -0.595. The lowest BCUT2D eigenvalue weighted by molar-refractivity contribution is -0.716. The summed E-state index contributed by atoms with van der Waals surface area (Å²) in [5.41, 5.74) is 5.58. The van der Waals surface area contributed by atoms with Crippen LogP contribution < -0.4 is 16.0 Å². The van der Waals surface area contributed by atoms with Gasteiger partial charge in [-0.2, -0.15) is 0 Å². The average Bonchev–Trinajstić information content (AvgIpc) is 2.30. The molecule has 1 aliphatic rings. The van der Waals surface area contributed by atoms with Crippen molar-refractivity contribution in [1.82, 2.24) is 0 Å². The largest absolute Gasteiger partial charge is 0.393 e. The minimum absolute atomic E-state index is 0.00346. The molecule has 0 aliphatic carbocycles. The fraction of sp³-hybridized carbons (Fsp3) is 0.500. The third-order valence-electron chi connectivity index (χ3n) is 3.31. The van der Waals surface area contributed by atoms with E-state index in [4.69, 9.17) is 5.73 Å².